The Morgan fingerprint density at radius 1 is 1.21 bits per heavy atom. The van der Waals surface area contributed by atoms with Gasteiger partial charge in [-0.05, 0) is 31.9 Å². The molecule has 126 valence electrons. The summed E-state index contributed by atoms with van der Waals surface area (Å²) in [5.41, 5.74) is 1.88. The molecule has 0 bridgehead atoms. The second kappa shape index (κ2) is 8.30. The van der Waals surface area contributed by atoms with E-state index in [9.17, 15) is 0 Å². The van der Waals surface area contributed by atoms with Crippen molar-refractivity contribution >= 4 is 23.1 Å². The van der Waals surface area contributed by atoms with Crippen molar-refractivity contribution in [2.75, 3.05) is 6.61 Å². The minimum atomic E-state index is 0.478. The molecule has 0 N–H and O–H groups in total. The zero-order valence-corrected chi connectivity index (χ0v) is 15.3. The third-order valence-corrected chi connectivity index (χ3v) is 5.04. The lowest BCUT2D eigenvalue weighted by atomic mass is 10.2. The first-order valence-electron chi connectivity index (χ1n) is 7.92. The second-order valence-corrected chi connectivity index (χ2v) is 6.94. The van der Waals surface area contributed by atoms with E-state index in [-0.39, 0.29) is 0 Å². The van der Waals surface area contributed by atoms with Gasteiger partial charge in [-0.25, -0.2) is 4.98 Å². The van der Waals surface area contributed by atoms with E-state index < -0.39 is 0 Å². The summed E-state index contributed by atoms with van der Waals surface area (Å²) in [5.74, 6) is 1.96. The van der Waals surface area contributed by atoms with Crippen LogP contribution in [0.2, 0.25) is 0 Å². The molecule has 0 unspecified atom stereocenters. The molecule has 3 rings (SSSR count). The van der Waals surface area contributed by atoms with Crippen molar-refractivity contribution in [1.29, 1.82) is 0 Å². The van der Waals surface area contributed by atoms with Gasteiger partial charge in [-0.3, -0.25) is 0 Å². The molecular formula is C17H19N3O2S2. The molecule has 0 amide bonds. The number of aromatic nitrogens is 3. The zero-order valence-electron chi connectivity index (χ0n) is 13.7. The maximum absolute atomic E-state index is 5.77. The zero-order chi connectivity index (χ0) is 16.8. The fourth-order valence-electron chi connectivity index (χ4n) is 2.18. The van der Waals surface area contributed by atoms with E-state index in [1.54, 1.807) is 11.3 Å². The topological polar surface area (TPSA) is 61.0 Å². The minimum absolute atomic E-state index is 0.478. The van der Waals surface area contributed by atoms with Gasteiger partial charge in [-0.2, -0.15) is 0 Å². The van der Waals surface area contributed by atoms with Crippen molar-refractivity contribution in [3.8, 4) is 17.2 Å². The first-order valence-corrected chi connectivity index (χ1v) is 9.78. The highest BCUT2D eigenvalue weighted by atomic mass is 32.2. The third kappa shape index (κ3) is 4.15. The van der Waals surface area contributed by atoms with Crippen LogP contribution in [0.4, 0.5) is 0 Å². The molecule has 5 nitrogen and oxygen atoms in total. The lowest BCUT2D eigenvalue weighted by Crippen LogP contribution is -1.93. The largest absolute Gasteiger partial charge is 0.493 e. The van der Waals surface area contributed by atoms with Gasteiger partial charge in [0.15, 0.2) is 0 Å². The number of benzene rings is 1. The molecule has 0 aliphatic heterocycles. The molecule has 2 heterocycles. The monoisotopic (exact) mass is 361 g/mol. The Morgan fingerprint density at radius 3 is 2.92 bits per heavy atom. The molecule has 3 aromatic rings. The van der Waals surface area contributed by atoms with Gasteiger partial charge >= 0.3 is 0 Å². The summed E-state index contributed by atoms with van der Waals surface area (Å²) in [4.78, 5) is 4.61. The number of thiazole rings is 1. The molecular weight excluding hydrogens is 342 g/mol. The summed E-state index contributed by atoms with van der Waals surface area (Å²) in [6.07, 6.45) is 2.15. The van der Waals surface area contributed by atoms with Crippen molar-refractivity contribution in [2.24, 2.45) is 0 Å². The maximum atomic E-state index is 5.77. The number of thioether (sulfide) groups is 1. The quantitative estimate of drug-likeness (QED) is 0.535. The lowest BCUT2D eigenvalue weighted by Gasteiger charge is -2.05. The molecule has 24 heavy (non-hydrogen) atoms. The maximum Gasteiger partial charge on any atom is 0.277 e. The highest BCUT2D eigenvalue weighted by molar-refractivity contribution is 7.98. The molecule has 0 radical (unpaired) electrons. The van der Waals surface area contributed by atoms with Crippen LogP contribution in [0.3, 0.4) is 0 Å². The first-order chi connectivity index (χ1) is 11.8. The van der Waals surface area contributed by atoms with Crippen molar-refractivity contribution in [1.82, 2.24) is 15.2 Å². The van der Waals surface area contributed by atoms with E-state index in [4.69, 9.17) is 9.15 Å². The Hall–Kier alpha value is -1.86. The molecule has 0 spiro atoms. The molecule has 0 atom stereocenters. The number of ether oxygens (including phenoxy) is 1. The van der Waals surface area contributed by atoms with E-state index in [2.05, 4.69) is 27.5 Å². The second-order valence-electron chi connectivity index (χ2n) is 5.07. The van der Waals surface area contributed by atoms with Crippen molar-refractivity contribution in [3.63, 3.8) is 0 Å². The van der Waals surface area contributed by atoms with Gasteiger partial charge in [0.1, 0.15) is 5.75 Å². The Kier molecular flexibility index (Phi) is 5.87. The highest BCUT2D eigenvalue weighted by Gasteiger charge is 2.14. The molecule has 1 aromatic carbocycles. The van der Waals surface area contributed by atoms with Gasteiger partial charge < -0.3 is 9.15 Å². The number of rotatable bonds is 8. The van der Waals surface area contributed by atoms with Crippen molar-refractivity contribution in [3.05, 3.63) is 40.3 Å². The van der Waals surface area contributed by atoms with Gasteiger partial charge in [-0.1, -0.05) is 30.8 Å². The summed E-state index contributed by atoms with van der Waals surface area (Å²) >= 11 is 3.21. The number of para-hydroxylation sites is 1. The normalized spacial score (nSPS) is 10.9. The summed E-state index contributed by atoms with van der Waals surface area (Å²) < 4.78 is 11.4. The molecule has 0 aliphatic rings. The number of hydrogen-bond acceptors (Lipinski definition) is 7. The molecule has 0 aliphatic carbocycles. The predicted octanol–water partition coefficient (Wildman–Crippen LogP) is 4.84. The fourth-order valence-corrected chi connectivity index (χ4v) is 3.84. The Labute approximate surface area is 149 Å². The first kappa shape index (κ1) is 17.0. The van der Waals surface area contributed by atoms with Crippen molar-refractivity contribution < 1.29 is 9.15 Å². The van der Waals surface area contributed by atoms with Crippen LogP contribution in [-0.4, -0.2) is 21.8 Å². The van der Waals surface area contributed by atoms with Crippen LogP contribution in [0.5, 0.6) is 5.75 Å². The van der Waals surface area contributed by atoms with Crippen LogP contribution < -0.4 is 4.74 Å². The molecule has 0 saturated heterocycles. The summed E-state index contributed by atoms with van der Waals surface area (Å²) in [6.45, 7) is 4.71. The fraction of sp³-hybridized carbons (Fsp3) is 0.353. The van der Waals surface area contributed by atoms with Gasteiger partial charge in [0, 0.05) is 11.1 Å². The Balaban J connectivity index is 1.67. The molecule has 7 heteroatoms. The van der Waals surface area contributed by atoms with Crippen LogP contribution in [0.15, 0.2) is 39.3 Å². The van der Waals surface area contributed by atoms with E-state index in [0.29, 0.717) is 17.7 Å². The van der Waals surface area contributed by atoms with Crippen LogP contribution >= 0.6 is 23.1 Å². The van der Waals surface area contributed by atoms with Crippen molar-refractivity contribution in [2.45, 2.75) is 37.7 Å². The summed E-state index contributed by atoms with van der Waals surface area (Å²) in [6, 6.07) is 7.68. The molecule has 0 fully saturated rings. The van der Waals surface area contributed by atoms with Gasteiger partial charge in [0.25, 0.3) is 11.1 Å². The van der Waals surface area contributed by atoms with Gasteiger partial charge in [-0.15, -0.1) is 21.5 Å². The smallest absolute Gasteiger partial charge is 0.277 e. The molecule has 2 aromatic heterocycles. The molecule has 0 saturated carbocycles. The Bertz CT molecular complexity index is 786. The lowest BCUT2D eigenvalue weighted by molar-refractivity contribution is 0.340. The van der Waals surface area contributed by atoms with E-state index in [1.807, 2.05) is 31.2 Å². The van der Waals surface area contributed by atoms with Crippen LogP contribution in [-0.2, 0) is 12.2 Å². The van der Waals surface area contributed by atoms with Crippen LogP contribution in [0, 0.1) is 0 Å². The average molecular weight is 361 g/mol. The third-order valence-electron chi connectivity index (χ3n) is 3.23. The van der Waals surface area contributed by atoms with E-state index in [0.717, 1.165) is 35.6 Å². The van der Waals surface area contributed by atoms with Gasteiger partial charge in [0.2, 0.25) is 0 Å². The Morgan fingerprint density at radius 2 is 2.08 bits per heavy atom. The minimum Gasteiger partial charge on any atom is -0.493 e. The number of nitrogens with zero attached hydrogens (tertiary/aromatic N) is 3. The van der Waals surface area contributed by atoms with Gasteiger partial charge in [0.05, 0.1) is 22.9 Å². The standard InChI is InChI=1S/C17H19N3O2S2/c1-3-7-15-18-12(10-23-15)11-24-17-20-19-16(22-17)13-8-5-6-9-14(13)21-4-2/h5-6,8-10H,3-4,7,11H2,1-2H3. The number of aryl methyl sites for hydroxylation is 1. The SMILES string of the molecule is CCCc1nc(CSc2nnc(-c3ccccc3OCC)o2)cs1. The summed E-state index contributed by atoms with van der Waals surface area (Å²) in [5, 5.41) is 12.1. The summed E-state index contributed by atoms with van der Waals surface area (Å²) in [7, 11) is 0. The van der Waals surface area contributed by atoms with E-state index >= 15 is 0 Å². The average Bonchev–Trinajstić information content (AvgIpc) is 3.23. The number of hydrogen-bond donors (Lipinski definition) is 0. The predicted molar refractivity (Wildman–Crippen MR) is 96.6 cm³/mol. The van der Waals surface area contributed by atoms with Crippen LogP contribution in [0.1, 0.15) is 31.0 Å². The van der Waals surface area contributed by atoms with Crippen LogP contribution in [0.25, 0.3) is 11.5 Å². The van der Waals surface area contributed by atoms with E-state index in [1.165, 1.54) is 16.8 Å². The highest BCUT2D eigenvalue weighted by Crippen LogP contribution is 2.31.